The van der Waals surface area contributed by atoms with Gasteiger partial charge < -0.3 is 4.57 Å². The van der Waals surface area contributed by atoms with E-state index in [9.17, 15) is 0 Å². The molecular formula is C51H33NS. The van der Waals surface area contributed by atoms with Crippen molar-refractivity contribution in [2.75, 3.05) is 0 Å². The summed E-state index contributed by atoms with van der Waals surface area (Å²) < 4.78 is 2.40. The number of fused-ring (bicyclic) bond motifs is 9. The van der Waals surface area contributed by atoms with Crippen LogP contribution in [0.1, 0.15) is 22.3 Å². The van der Waals surface area contributed by atoms with E-state index >= 15 is 0 Å². The van der Waals surface area contributed by atoms with Crippen LogP contribution in [0.4, 0.5) is 0 Å². The van der Waals surface area contributed by atoms with E-state index in [2.05, 4.69) is 205 Å². The summed E-state index contributed by atoms with van der Waals surface area (Å²) in [4.78, 5) is 2.61. The molecule has 0 amide bonds. The predicted octanol–water partition coefficient (Wildman–Crippen LogP) is 13.6. The third-order valence-corrected chi connectivity index (χ3v) is 12.4. The molecule has 0 N–H and O–H groups in total. The van der Waals surface area contributed by atoms with Crippen LogP contribution < -0.4 is 0 Å². The molecule has 0 fully saturated rings. The zero-order valence-corrected chi connectivity index (χ0v) is 29.7. The molecule has 0 atom stereocenters. The second-order valence-electron chi connectivity index (χ2n) is 14.0. The van der Waals surface area contributed by atoms with Crippen molar-refractivity contribution in [2.45, 2.75) is 15.2 Å². The minimum atomic E-state index is -0.554. The van der Waals surface area contributed by atoms with Crippen molar-refractivity contribution in [3.05, 3.63) is 222 Å². The Bertz CT molecular complexity index is 2930. The fourth-order valence-corrected chi connectivity index (χ4v) is 10.3. The van der Waals surface area contributed by atoms with Gasteiger partial charge in [-0.15, -0.1) is 0 Å². The number of nitrogens with zero attached hydrogens (tertiary/aromatic N) is 1. The fraction of sp³-hybridized carbons (Fsp3) is 0.0196. The van der Waals surface area contributed by atoms with Gasteiger partial charge in [0, 0.05) is 26.3 Å². The van der Waals surface area contributed by atoms with Crippen LogP contribution in [0.2, 0.25) is 0 Å². The number of benzene rings is 9. The van der Waals surface area contributed by atoms with Crippen LogP contribution in [0.25, 0.3) is 60.2 Å². The largest absolute Gasteiger partial charge is 0.309 e. The molecule has 0 spiro atoms. The monoisotopic (exact) mass is 691 g/mol. The van der Waals surface area contributed by atoms with Crippen molar-refractivity contribution in [1.82, 2.24) is 4.57 Å². The smallest absolute Gasteiger partial charge is 0.0735 e. The lowest BCUT2D eigenvalue weighted by molar-refractivity contribution is 0.718. The van der Waals surface area contributed by atoms with Gasteiger partial charge in [0.1, 0.15) is 0 Å². The summed E-state index contributed by atoms with van der Waals surface area (Å²) >= 11 is 1.90. The molecule has 0 aliphatic carbocycles. The maximum atomic E-state index is 2.40. The minimum absolute atomic E-state index is 0.554. The molecule has 248 valence electrons. The highest BCUT2D eigenvalue weighted by molar-refractivity contribution is 7.99. The molecule has 0 saturated heterocycles. The van der Waals surface area contributed by atoms with E-state index in [0.717, 1.165) is 0 Å². The molecule has 1 nitrogen and oxygen atoms in total. The highest BCUT2D eigenvalue weighted by atomic mass is 32.2. The number of hydrogen-bond acceptors (Lipinski definition) is 1. The van der Waals surface area contributed by atoms with Crippen molar-refractivity contribution in [2.24, 2.45) is 0 Å². The quantitative estimate of drug-likeness (QED) is 0.178. The molecule has 11 rings (SSSR count). The van der Waals surface area contributed by atoms with Gasteiger partial charge in [-0.2, -0.15) is 0 Å². The van der Waals surface area contributed by atoms with Crippen LogP contribution in [0.15, 0.2) is 210 Å². The molecule has 10 aromatic rings. The molecule has 0 saturated carbocycles. The second kappa shape index (κ2) is 11.8. The van der Waals surface area contributed by atoms with Crippen LogP contribution >= 0.6 is 11.8 Å². The standard InChI is InChI=1S/C51H33NS/c1-3-15-38(16-4-1)51(49-41-19-9-7-13-35(41)26-31-47(49)53-48-32-27-36-14-8-10-20-42(36)50(48)51)39-28-23-34(24-29-39)37-25-30-44-43-21-11-12-22-45(43)52(46(44)33-37)40-17-5-2-6-18-40/h1-33H. The first-order valence-electron chi connectivity index (χ1n) is 18.3. The highest BCUT2D eigenvalue weighted by Gasteiger charge is 2.46. The number of rotatable bonds is 4. The Morgan fingerprint density at radius 2 is 0.868 bits per heavy atom. The van der Waals surface area contributed by atoms with Crippen molar-refractivity contribution in [1.29, 1.82) is 0 Å². The van der Waals surface area contributed by atoms with Gasteiger partial charge >= 0.3 is 0 Å². The third-order valence-electron chi connectivity index (χ3n) is 11.3. The molecule has 2 heteroatoms. The van der Waals surface area contributed by atoms with Gasteiger partial charge in [-0.25, -0.2) is 0 Å². The van der Waals surface area contributed by atoms with Gasteiger partial charge in [0.2, 0.25) is 0 Å². The van der Waals surface area contributed by atoms with E-state index in [4.69, 9.17) is 0 Å². The van der Waals surface area contributed by atoms with E-state index in [1.807, 2.05) is 11.8 Å². The molecule has 1 aliphatic rings. The normalized spacial score (nSPS) is 13.4. The summed E-state index contributed by atoms with van der Waals surface area (Å²) in [7, 11) is 0. The average molecular weight is 692 g/mol. The summed E-state index contributed by atoms with van der Waals surface area (Å²) in [5.74, 6) is 0. The van der Waals surface area contributed by atoms with Crippen LogP contribution in [0, 0.1) is 0 Å². The molecule has 0 radical (unpaired) electrons. The van der Waals surface area contributed by atoms with Crippen LogP contribution in [-0.4, -0.2) is 4.57 Å². The van der Waals surface area contributed by atoms with Gasteiger partial charge in [0.25, 0.3) is 0 Å². The van der Waals surface area contributed by atoms with Crippen molar-refractivity contribution < 1.29 is 0 Å². The predicted molar refractivity (Wildman–Crippen MR) is 224 cm³/mol. The first-order chi connectivity index (χ1) is 26.3. The summed E-state index contributed by atoms with van der Waals surface area (Å²) in [5, 5.41) is 7.64. The van der Waals surface area contributed by atoms with E-state index in [-0.39, 0.29) is 0 Å². The molecule has 53 heavy (non-hydrogen) atoms. The van der Waals surface area contributed by atoms with Gasteiger partial charge in [0.15, 0.2) is 0 Å². The second-order valence-corrected chi connectivity index (χ2v) is 15.1. The third kappa shape index (κ3) is 4.46. The SMILES string of the molecule is c1ccc(-n2c3ccccc3c3ccc(-c4ccc(C5(c6ccccc6)c6c(ccc7ccccc67)Sc6ccc7ccccc7c65)cc4)cc32)cc1. The van der Waals surface area contributed by atoms with Crippen LogP contribution in [0.3, 0.4) is 0 Å². The van der Waals surface area contributed by atoms with Crippen LogP contribution in [-0.2, 0) is 5.41 Å². The van der Waals surface area contributed by atoms with E-state index in [0.29, 0.717) is 0 Å². The lowest BCUT2D eigenvalue weighted by Crippen LogP contribution is -2.34. The van der Waals surface area contributed by atoms with Crippen molar-refractivity contribution in [3.8, 4) is 16.8 Å². The summed E-state index contributed by atoms with van der Waals surface area (Å²) in [6.07, 6.45) is 0. The molecule has 0 bridgehead atoms. The maximum Gasteiger partial charge on any atom is 0.0735 e. The lowest BCUT2D eigenvalue weighted by atomic mass is 9.62. The highest BCUT2D eigenvalue weighted by Crippen LogP contribution is 2.59. The Morgan fingerprint density at radius 1 is 0.358 bits per heavy atom. The molecule has 9 aromatic carbocycles. The first-order valence-corrected chi connectivity index (χ1v) is 19.1. The zero-order chi connectivity index (χ0) is 34.9. The minimum Gasteiger partial charge on any atom is -0.309 e. The molecule has 0 unspecified atom stereocenters. The molecule has 1 aromatic heterocycles. The van der Waals surface area contributed by atoms with Gasteiger partial charge in [0.05, 0.1) is 16.4 Å². The Balaban J connectivity index is 1.18. The van der Waals surface area contributed by atoms with Gasteiger partial charge in [-0.05, 0) is 91.3 Å². The molecule has 2 heterocycles. The number of para-hydroxylation sites is 2. The lowest BCUT2D eigenvalue weighted by Gasteiger charge is -2.43. The first kappa shape index (κ1) is 30.3. The van der Waals surface area contributed by atoms with Gasteiger partial charge in [-0.3, -0.25) is 0 Å². The summed E-state index contributed by atoms with van der Waals surface area (Å²) in [6, 6.07) is 74.2. The maximum absolute atomic E-state index is 2.40. The average Bonchev–Trinajstić information content (AvgIpc) is 3.57. The Morgan fingerprint density at radius 3 is 1.53 bits per heavy atom. The Labute approximate surface area is 312 Å². The van der Waals surface area contributed by atoms with E-state index < -0.39 is 5.41 Å². The Hall–Kier alpha value is -6.35. The number of aromatic nitrogens is 1. The summed E-state index contributed by atoms with van der Waals surface area (Å²) in [5.41, 5.74) is 10.7. The van der Waals surface area contributed by atoms with Gasteiger partial charge in [-0.1, -0.05) is 176 Å². The fourth-order valence-electron chi connectivity index (χ4n) is 9.04. The Kier molecular flexibility index (Phi) is 6.77. The van der Waals surface area contributed by atoms with Crippen LogP contribution in [0.5, 0.6) is 0 Å². The van der Waals surface area contributed by atoms with E-state index in [1.54, 1.807) is 0 Å². The zero-order valence-electron chi connectivity index (χ0n) is 28.9. The molecular weight excluding hydrogens is 659 g/mol. The summed E-state index contributed by atoms with van der Waals surface area (Å²) in [6.45, 7) is 0. The molecule has 1 aliphatic heterocycles. The van der Waals surface area contributed by atoms with Crippen molar-refractivity contribution in [3.63, 3.8) is 0 Å². The number of hydrogen-bond donors (Lipinski definition) is 0. The van der Waals surface area contributed by atoms with E-state index in [1.165, 1.54) is 92.2 Å². The van der Waals surface area contributed by atoms with Crippen molar-refractivity contribution >= 4 is 55.1 Å². The topological polar surface area (TPSA) is 4.93 Å².